The van der Waals surface area contributed by atoms with Crippen LogP contribution >= 0.6 is 7.29 Å². The topological polar surface area (TPSA) is 29.1 Å². The maximum Gasteiger partial charge on any atom is 0.204 e. The fourth-order valence-electron chi connectivity index (χ4n) is 4.22. The molecule has 2 aromatic carbocycles. The zero-order valence-corrected chi connectivity index (χ0v) is 17.1. The number of rotatable bonds is 10. The van der Waals surface area contributed by atoms with Crippen molar-refractivity contribution in [3.63, 3.8) is 0 Å². The van der Waals surface area contributed by atoms with Gasteiger partial charge >= 0.3 is 0 Å². The summed E-state index contributed by atoms with van der Waals surface area (Å²) < 4.78 is 14.3. The van der Waals surface area contributed by atoms with Crippen LogP contribution in [0.4, 0.5) is 0 Å². The molecule has 1 N–H and O–H groups in total. The van der Waals surface area contributed by atoms with E-state index >= 15 is 0 Å². The van der Waals surface area contributed by atoms with Crippen molar-refractivity contribution in [1.82, 2.24) is 5.09 Å². The molecule has 144 valence electrons. The Morgan fingerprint density at radius 3 is 2.07 bits per heavy atom. The first-order valence-electron chi connectivity index (χ1n) is 10.3. The highest BCUT2D eigenvalue weighted by atomic mass is 31.2. The number of nitrogens with one attached hydrogen (secondary N) is 1. The van der Waals surface area contributed by atoms with Gasteiger partial charge in [-0.2, -0.15) is 0 Å². The minimum absolute atomic E-state index is 0.277. The largest absolute Gasteiger partial charge is 0.297 e. The summed E-state index contributed by atoms with van der Waals surface area (Å²) >= 11 is 0. The van der Waals surface area contributed by atoms with Crippen molar-refractivity contribution in [2.45, 2.75) is 57.4 Å². The first kappa shape index (κ1) is 20.1. The summed E-state index contributed by atoms with van der Waals surface area (Å²) in [5, 5.41) is 5.47. The summed E-state index contributed by atoms with van der Waals surface area (Å²) in [6.45, 7) is 3.86. The molecule has 0 unspecified atom stereocenters. The summed E-state index contributed by atoms with van der Waals surface area (Å²) in [4.78, 5) is 0. The fraction of sp³-hybridized carbons (Fsp3) is 0.417. The predicted octanol–water partition coefficient (Wildman–Crippen LogP) is 5.81. The summed E-state index contributed by atoms with van der Waals surface area (Å²) in [6.07, 6.45) is 11.6. The van der Waals surface area contributed by atoms with Crippen LogP contribution < -0.4 is 15.7 Å². The highest BCUT2D eigenvalue weighted by Gasteiger charge is 2.31. The molecule has 0 heterocycles. The standard InChI is InChI=1S/C24H32NOP/c1-2-3-6-15-22(20-21-13-11-12-14-21)25-27(26,23-16-7-4-8-17-23)24-18-9-5-10-19-24/h2,4-5,7-10,16-19,21-22H,1,3,6,11-15,20H2,(H,25,26)/t22-/m1/s1. The van der Waals surface area contributed by atoms with Gasteiger partial charge in [0.1, 0.15) is 0 Å². The van der Waals surface area contributed by atoms with Gasteiger partial charge in [0, 0.05) is 16.7 Å². The summed E-state index contributed by atoms with van der Waals surface area (Å²) in [6, 6.07) is 20.2. The van der Waals surface area contributed by atoms with E-state index in [-0.39, 0.29) is 6.04 Å². The van der Waals surface area contributed by atoms with E-state index in [1.807, 2.05) is 66.7 Å². The molecule has 27 heavy (non-hydrogen) atoms. The SMILES string of the molecule is C=CCCC[C@H](CC1CCCC1)NP(=O)(c1ccccc1)c1ccccc1. The van der Waals surface area contributed by atoms with Gasteiger partial charge in [0.15, 0.2) is 0 Å². The van der Waals surface area contributed by atoms with Gasteiger partial charge in [0.2, 0.25) is 7.29 Å². The molecule has 1 aliphatic rings. The third kappa shape index (κ3) is 5.43. The number of unbranched alkanes of at least 4 members (excludes halogenated alkanes) is 1. The van der Waals surface area contributed by atoms with Gasteiger partial charge in [-0.25, -0.2) is 0 Å². The molecule has 0 aliphatic heterocycles. The second-order valence-corrected chi connectivity index (χ2v) is 10.2. The average Bonchev–Trinajstić information content (AvgIpc) is 3.22. The lowest BCUT2D eigenvalue weighted by Gasteiger charge is -2.29. The second-order valence-electron chi connectivity index (χ2n) is 7.71. The third-order valence-electron chi connectivity index (χ3n) is 5.66. The number of hydrogen-bond acceptors (Lipinski definition) is 1. The lowest BCUT2D eigenvalue weighted by Crippen LogP contribution is -2.36. The monoisotopic (exact) mass is 381 g/mol. The van der Waals surface area contributed by atoms with Gasteiger partial charge in [-0.05, 0) is 55.9 Å². The zero-order chi connectivity index (χ0) is 19.0. The molecule has 1 fully saturated rings. The minimum Gasteiger partial charge on any atom is -0.297 e. The highest BCUT2D eigenvalue weighted by Crippen LogP contribution is 2.41. The molecule has 0 radical (unpaired) electrons. The van der Waals surface area contributed by atoms with Crippen molar-refractivity contribution in [3.05, 3.63) is 73.3 Å². The van der Waals surface area contributed by atoms with Gasteiger partial charge < -0.3 is 0 Å². The molecular formula is C24H32NOP. The predicted molar refractivity (Wildman–Crippen MR) is 117 cm³/mol. The lowest BCUT2D eigenvalue weighted by molar-refractivity contribution is 0.400. The van der Waals surface area contributed by atoms with Crippen LogP contribution in [0.5, 0.6) is 0 Å². The molecule has 1 aliphatic carbocycles. The van der Waals surface area contributed by atoms with Gasteiger partial charge in [0.25, 0.3) is 0 Å². The van der Waals surface area contributed by atoms with Gasteiger partial charge in [-0.1, -0.05) is 68.2 Å². The van der Waals surface area contributed by atoms with Gasteiger partial charge in [0.05, 0.1) is 0 Å². The quantitative estimate of drug-likeness (QED) is 0.320. The van der Waals surface area contributed by atoms with Gasteiger partial charge in [-0.3, -0.25) is 9.65 Å². The van der Waals surface area contributed by atoms with Crippen LogP contribution in [0, 0.1) is 5.92 Å². The highest BCUT2D eigenvalue weighted by molar-refractivity contribution is 7.76. The maximum absolute atomic E-state index is 14.3. The van der Waals surface area contributed by atoms with E-state index in [9.17, 15) is 4.57 Å². The minimum atomic E-state index is -2.86. The van der Waals surface area contributed by atoms with E-state index in [0.717, 1.165) is 42.2 Å². The molecule has 3 heteroatoms. The molecule has 1 saturated carbocycles. The molecule has 1 atom stereocenters. The Hall–Kier alpha value is -1.63. The molecule has 2 aromatic rings. The Balaban J connectivity index is 1.87. The first-order valence-corrected chi connectivity index (χ1v) is 12.0. The Labute approximate surface area is 164 Å². The first-order chi connectivity index (χ1) is 13.2. The zero-order valence-electron chi connectivity index (χ0n) is 16.2. The molecule has 0 amide bonds. The smallest absolute Gasteiger partial charge is 0.204 e. The van der Waals surface area contributed by atoms with Crippen molar-refractivity contribution in [2.75, 3.05) is 0 Å². The van der Waals surface area contributed by atoms with Crippen molar-refractivity contribution in [2.24, 2.45) is 5.92 Å². The summed E-state index contributed by atoms with van der Waals surface area (Å²) in [5.41, 5.74) is 0. The molecule has 0 bridgehead atoms. The molecule has 0 saturated heterocycles. The molecule has 0 spiro atoms. The lowest BCUT2D eigenvalue weighted by atomic mass is 9.96. The summed E-state index contributed by atoms with van der Waals surface area (Å²) in [7, 11) is -2.86. The normalized spacial score (nSPS) is 16.3. The van der Waals surface area contributed by atoms with Gasteiger partial charge in [-0.15, -0.1) is 6.58 Å². The fourth-order valence-corrected chi connectivity index (χ4v) is 6.75. The number of hydrogen-bond donors (Lipinski definition) is 1. The van der Waals surface area contributed by atoms with Crippen molar-refractivity contribution in [1.29, 1.82) is 0 Å². The Morgan fingerprint density at radius 2 is 1.56 bits per heavy atom. The van der Waals surface area contributed by atoms with Crippen LogP contribution in [-0.2, 0) is 4.57 Å². The third-order valence-corrected chi connectivity index (χ3v) is 8.44. The molecule has 0 aromatic heterocycles. The van der Waals surface area contributed by atoms with E-state index in [2.05, 4.69) is 11.7 Å². The molecule has 3 rings (SSSR count). The summed E-state index contributed by atoms with van der Waals surface area (Å²) in [5.74, 6) is 0.770. The second kappa shape index (κ2) is 10.1. The van der Waals surface area contributed by atoms with E-state index in [1.54, 1.807) is 0 Å². The van der Waals surface area contributed by atoms with Crippen LogP contribution in [0.1, 0.15) is 51.4 Å². The van der Waals surface area contributed by atoms with Crippen LogP contribution in [0.15, 0.2) is 73.3 Å². The average molecular weight is 382 g/mol. The number of benzene rings is 2. The van der Waals surface area contributed by atoms with Crippen LogP contribution in [0.2, 0.25) is 0 Å². The Morgan fingerprint density at radius 1 is 1.00 bits per heavy atom. The Kier molecular flexibility index (Phi) is 7.50. The van der Waals surface area contributed by atoms with Crippen LogP contribution in [-0.4, -0.2) is 6.04 Å². The maximum atomic E-state index is 14.3. The van der Waals surface area contributed by atoms with E-state index in [1.165, 1.54) is 25.7 Å². The van der Waals surface area contributed by atoms with Crippen LogP contribution in [0.25, 0.3) is 0 Å². The Bertz CT molecular complexity index is 694. The van der Waals surface area contributed by atoms with Crippen molar-refractivity contribution in [3.8, 4) is 0 Å². The van der Waals surface area contributed by atoms with E-state index in [0.29, 0.717) is 0 Å². The van der Waals surface area contributed by atoms with Crippen LogP contribution in [0.3, 0.4) is 0 Å². The molecule has 2 nitrogen and oxygen atoms in total. The van der Waals surface area contributed by atoms with Crippen molar-refractivity contribution >= 4 is 17.9 Å². The number of allylic oxidation sites excluding steroid dienone is 1. The van der Waals surface area contributed by atoms with Crippen molar-refractivity contribution < 1.29 is 4.57 Å². The van der Waals surface area contributed by atoms with E-state index < -0.39 is 7.29 Å². The molecular weight excluding hydrogens is 349 g/mol. The van der Waals surface area contributed by atoms with E-state index in [4.69, 9.17) is 0 Å².